The van der Waals surface area contributed by atoms with Gasteiger partial charge in [0.15, 0.2) is 0 Å². The summed E-state index contributed by atoms with van der Waals surface area (Å²) in [5.74, 6) is 0.560. The molecule has 0 spiro atoms. The van der Waals surface area contributed by atoms with Crippen molar-refractivity contribution in [2.75, 3.05) is 27.2 Å². The first-order valence-corrected chi connectivity index (χ1v) is 5.18. The van der Waals surface area contributed by atoms with Crippen LogP contribution in [0.1, 0.15) is 6.42 Å². The lowest BCUT2D eigenvalue weighted by Gasteiger charge is -2.10. The molecule has 2 N–H and O–H groups in total. The molecule has 0 saturated carbocycles. The van der Waals surface area contributed by atoms with Gasteiger partial charge in [-0.3, -0.25) is 4.98 Å². The molecule has 0 unspecified atom stereocenters. The Morgan fingerprint density at radius 2 is 2.12 bits per heavy atom. The van der Waals surface area contributed by atoms with Gasteiger partial charge in [0.05, 0.1) is 12.8 Å². The molecule has 0 aromatic carbocycles. The highest BCUT2D eigenvalue weighted by Gasteiger charge is 2.11. The molecular formula is C10H17BN2O3. The smallest absolute Gasteiger partial charge is 0.490 e. The van der Waals surface area contributed by atoms with E-state index in [-0.39, 0.29) is 0 Å². The molecule has 0 fully saturated rings. The highest BCUT2D eigenvalue weighted by Crippen LogP contribution is 2.05. The van der Waals surface area contributed by atoms with Crippen molar-refractivity contribution in [3.05, 3.63) is 18.5 Å². The molecule has 6 heteroatoms. The van der Waals surface area contributed by atoms with Crippen LogP contribution in [0, 0.1) is 0 Å². The van der Waals surface area contributed by atoms with E-state index in [0.29, 0.717) is 17.8 Å². The molecule has 0 bridgehead atoms. The van der Waals surface area contributed by atoms with E-state index in [0.717, 1.165) is 13.0 Å². The predicted octanol–water partition coefficient (Wildman–Crippen LogP) is -0.908. The lowest BCUT2D eigenvalue weighted by Crippen LogP contribution is -2.30. The third kappa shape index (κ3) is 4.61. The summed E-state index contributed by atoms with van der Waals surface area (Å²) < 4.78 is 5.44. The minimum Gasteiger partial charge on any atom is -0.492 e. The molecule has 0 saturated heterocycles. The van der Waals surface area contributed by atoms with Crippen LogP contribution in [-0.2, 0) is 0 Å². The molecule has 0 aliphatic carbocycles. The van der Waals surface area contributed by atoms with Gasteiger partial charge in [-0.25, -0.2) is 0 Å². The number of pyridine rings is 1. The number of hydrogen-bond acceptors (Lipinski definition) is 5. The van der Waals surface area contributed by atoms with Crippen LogP contribution in [0.3, 0.4) is 0 Å². The summed E-state index contributed by atoms with van der Waals surface area (Å²) in [6, 6.07) is 1.58. The second-order valence-corrected chi connectivity index (χ2v) is 3.83. The van der Waals surface area contributed by atoms with Crippen LogP contribution in [0.5, 0.6) is 5.75 Å². The van der Waals surface area contributed by atoms with Gasteiger partial charge in [-0.2, -0.15) is 0 Å². The third-order valence-electron chi connectivity index (χ3n) is 2.05. The van der Waals surface area contributed by atoms with Gasteiger partial charge in [0.25, 0.3) is 0 Å². The summed E-state index contributed by atoms with van der Waals surface area (Å²) in [6.07, 6.45) is 3.87. The van der Waals surface area contributed by atoms with Crippen molar-refractivity contribution in [3.8, 4) is 5.75 Å². The number of rotatable bonds is 6. The van der Waals surface area contributed by atoms with Crippen molar-refractivity contribution in [1.29, 1.82) is 0 Å². The Morgan fingerprint density at radius 1 is 1.38 bits per heavy atom. The third-order valence-corrected chi connectivity index (χ3v) is 2.05. The van der Waals surface area contributed by atoms with Gasteiger partial charge >= 0.3 is 7.12 Å². The van der Waals surface area contributed by atoms with Gasteiger partial charge in [-0.05, 0) is 26.6 Å². The fourth-order valence-electron chi connectivity index (χ4n) is 1.23. The Balaban J connectivity index is 2.39. The average Bonchev–Trinajstić information content (AvgIpc) is 2.24. The van der Waals surface area contributed by atoms with Gasteiger partial charge in [-0.1, -0.05) is 0 Å². The van der Waals surface area contributed by atoms with E-state index < -0.39 is 7.12 Å². The molecule has 0 atom stereocenters. The minimum absolute atomic E-state index is 0.338. The summed E-state index contributed by atoms with van der Waals surface area (Å²) in [5.41, 5.74) is 0.338. The van der Waals surface area contributed by atoms with E-state index >= 15 is 0 Å². The lowest BCUT2D eigenvalue weighted by atomic mass is 9.82. The maximum atomic E-state index is 8.95. The van der Waals surface area contributed by atoms with E-state index in [9.17, 15) is 0 Å². The molecule has 0 aliphatic rings. The highest BCUT2D eigenvalue weighted by molar-refractivity contribution is 6.58. The molecule has 1 aromatic rings. The molecule has 16 heavy (non-hydrogen) atoms. The highest BCUT2D eigenvalue weighted by atomic mass is 16.5. The predicted molar refractivity (Wildman–Crippen MR) is 62.7 cm³/mol. The minimum atomic E-state index is -1.50. The van der Waals surface area contributed by atoms with E-state index in [4.69, 9.17) is 14.8 Å². The maximum absolute atomic E-state index is 8.95. The SMILES string of the molecule is CN(C)CCCOc1cncc(B(O)O)c1. The summed E-state index contributed by atoms with van der Waals surface area (Å²) in [4.78, 5) is 5.94. The number of nitrogens with zero attached hydrogens (tertiary/aromatic N) is 2. The first-order valence-electron chi connectivity index (χ1n) is 5.18. The molecule has 88 valence electrons. The monoisotopic (exact) mass is 224 g/mol. The van der Waals surface area contributed by atoms with E-state index in [2.05, 4.69) is 9.88 Å². The number of hydrogen-bond donors (Lipinski definition) is 2. The Morgan fingerprint density at radius 3 is 2.75 bits per heavy atom. The summed E-state index contributed by atoms with van der Waals surface area (Å²) in [5, 5.41) is 17.9. The summed E-state index contributed by atoms with van der Waals surface area (Å²) in [7, 11) is 2.51. The van der Waals surface area contributed by atoms with Crippen molar-refractivity contribution >= 4 is 12.6 Å². The largest absolute Gasteiger partial charge is 0.492 e. The van der Waals surface area contributed by atoms with Gasteiger partial charge < -0.3 is 19.7 Å². The van der Waals surface area contributed by atoms with Crippen LogP contribution >= 0.6 is 0 Å². The molecule has 0 aliphatic heterocycles. The second kappa shape index (κ2) is 6.47. The van der Waals surface area contributed by atoms with Crippen molar-refractivity contribution in [3.63, 3.8) is 0 Å². The maximum Gasteiger partial charge on any atom is 0.490 e. The normalized spacial score (nSPS) is 10.6. The van der Waals surface area contributed by atoms with Crippen LogP contribution in [0.4, 0.5) is 0 Å². The molecule has 0 radical (unpaired) electrons. The Kier molecular flexibility index (Phi) is 5.24. The lowest BCUT2D eigenvalue weighted by molar-refractivity contribution is 0.281. The van der Waals surface area contributed by atoms with Crippen LogP contribution in [0.25, 0.3) is 0 Å². The van der Waals surface area contributed by atoms with Gasteiger partial charge in [0.1, 0.15) is 5.75 Å². The molecule has 1 aromatic heterocycles. The average molecular weight is 224 g/mol. The van der Waals surface area contributed by atoms with E-state index in [1.165, 1.54) is 6.20 Å². The van der Waals surface area contributed by atoms with Crippen molar-refractivity contribution in [2.24, 2.45) is 0 Å². The second-order valence-electron chi connectivity index (χ2n) is 3.83. The first-order chi connectivity index (χ1) is 7.59. The Bertz CT molecular complexity index is 321. The fourth-order valence-corrected chi connectivity index (χ4v) is 1.23. The van der Waals surface area contributed by atoms with Crippen molar-refractivity contribution in [2.45, 2.75) is 6.42 Å². The molecule has 1 heterocycles. The molecule has 1 rings (SSSR count). The number of aromatic nitrogens is 1. The molecular weight excluding hydrogens is 207 g/mol. The van der Waals surface area contributed by atoms with Crippen LogP contribution in [0.15, 0.2) is 18.5 Å². The Labute approximate surface area is 95.8 Å². The van der Waals surface area contributed by atoms with Gasteiger partial charge in [0, 0.05) is 18.2 Å². The molecule has 0 amide bonds. The van der Waals surface area contributed by atoms with Gasteiger partial charge in [-0.15, -0.1) is 0 Å². The van der Waals surface area contributed by atoms with E-state index in [1.54, 1.807) is 12.3 Å². The summed E-state index contributed by atoms with van der Waals surface area (Å²) in [6.45, 7) is 1.54. The zero-order chi connectivity index (χ0) is 12.0. The Hall–Kier alpha value is -1.11. The standard InChI is InChI=1S/C10H17BN2O3/c1-13(2)4-3-5-16-10-6-9(11(14)15)7-12-8-10/h6-8,14-15H,3-5H2,1-2H3. The van der Waals surface area contributed by atoms with E-state index in [1.807, 2.05) is 14.1 Å². The fraction of sp³-hybridized carbons (Fsp3) is 0.500. The topological polar surface area (TPSA) is 65.8 Å². The van der Waals surface area contributed by atoms with Crippen LogP contribution in [-0.4, -0.2) is 54.3 Å². The van der Waals surface area contributed by atoms with Crippen molar-refractivity contribution < 1.29 is 14.8 Å². The molecule has 5 nitrogen and oxygen atoms in total. The zero-order valence-electron chi connectivity index (χ0n) is 9.63. The first kappa shape index (κ1) is 13.0. The number of ether oxygens (including phenoxy) is 1. The summed E-state index contributed by atoms with van der Waals surface area (Å²) >= 11 is 0. The zero-order valence-corrected chi connectivity index (χ0v) is 9.63. The van der Waals surface area contributed by atoms with Crippen molar-refractivity contribution in [1.82, 2.24) is 9.88 Å². The van der Waals surface area contributed by atoms with Crippen LogP contribution < -0.4 is 10.2 Å². The van der Waals surface area contributed by atoms with Gasteiger partial charge in [0.2, 0.25) is 0 Å². The van der Waals surface area contributed by atoms with Crippen LogP contribution in [0.2, 0.25) is 0 Å². The quantitative estimate of drug-likeness (QED) is 0.483.